The molecule has 2 atom stereocenters. The molecule has 2 rings (SSSR count). The van der Waals surface area contributed by atoms with Crippen LogP contribution < -0.4 is 10.6 Å². The second kappa shape index (κ2) is 5.69. The molecule has 0 radical (unpaired) electrons. The number of rotatable bonds is 4. The van der Waals surface area contributed by atoms with E-state index in [1.807, 2.05) is 0 Å². The number of primary amides is 1. The highest BCUT2D eigenvalue weighted by molar-refractivity contribution is 6.00. The average Bonchev–Trinajstić information content (AvgIpc) is 2.81. The van der Waals surface area contributed by atoms with Crippen molar-refractivity contribution >= 4 is 17.7 Å². The van der Waals surface area contributed by atoms with Gasteiger partial charge >= 0.3 is 5.97 Å². The van der Waals surface area contributed by atoms with Crippen molar-refractivity contribution in [3.05, 3.63) is 22.9 Å². The highest BCUT2D eigenvalue weighted by Gasteiger charge is 2.39. The van der Waals surface area contributed by atoms with Gasteiger partial charge in [0.25, 0.3) is 5.91 Å². The number of aromatic nitrogens is 1. The van der Waals surface area contributed by atoms with Crippen molar-refractivity contribution in [1.82, 2.24) is 4.98 Å². The lowest BCUT2D eigenvalue weighted by Gasteiger charge is -2.25. The van der Waals surface area contributed by atoms with Crippen LogP contribution in [0.3, 0.4) is 0 Å². The molecule has 3 N–H and O–H groups in total. The minimum Gasteiger partial charge on any atom is -0.480 e. The molecule has 21 heavy (non-hydrogen) atoms. The molecule has 2 unspecified atom stereocenters. The second-order valence-corrected chi connectivity index (χ2v) is 5.24. The van der Waals surface area contributed by atoms with Crippen LogP contribution >= 0.6 is 0 Å². The third kappa shape index (κ3) is 2.82. The molecule has 1 amide bonds. The average molecular weight is 293 g/mol. The quantitative estimate of drug-likeness (QED) is 0.836. The van der Waals surface area contributed by atoms with Gasteiger partial charge in [0.05, 0.1) is 11.7 Å². The van der Waals surface area contributed by atoms with E-state index in [2.05, 4.69) is 4.98 Å². The number of anilines is 1. The number of amides is 1. The van der Waals surface area contributed by atoms with Crippen LogP contribution in [-0.4, -0.2) is 47.8 Å². The number of nitrogens with two attached hydrogens (primary N) is 1. The van der Waals surface area contributed by atoms with Crippen molar-refractivity contribution in [2.75, 3.05) is 18.6 Å². The summed E-state index contributed by atoms with van der Waals surface area (Å²) in [6.07, 6.45) is 0.132. The zero-order chi connectivity index (χ0) is 15.7. The van der Waals surface area contributed by atoms with E-state index in [4.69, 9.17) is 10.5 Å². The number of carboxylic acids is 1. The second-order valence-electron chi connectivity index (χ2n) is 5.24. The van der Waals surface area contributed by atoms with Crippen molar-refractivity contribution in [2.45, 2.75) is 32.4 Å². The van der Waals surface area contributed by atoms with Crippen LogP contribution in [0, 0.1) is 13.8 Å². The Kier molecular flexibility index (Phi) is 4.13. The molecule has 0 bridgehead atoms. The molecule has 0 aromatic carbocycles. The Labute approximate surface area is 122 Å². The number of hydrogen-bond acceptors (Lipinski definition) is 5. The first-order chi connectivity index (χ1) is 9.85. The molecule has 1 saturated heterocycles. The Morgan fingerprint density at radius 1 is 1.48 bits per heavy atom. The number of aryl methyl sites for hydroxylation is 2. The van der Waals surface area contributed by atoms with Crippen LogP contribution in [-0.2, 0) is 9.53 Å². The summed E-state index contributed by atoms with van der Waals surface area (Å²) in [6, 6.07) is 0.977. The van der Waals surface area contributed by atoms with Gasteiger partial charge in [-0.15, -0.1) is 0 Å². The van der Waals surface area contributed by atoms with Crippen molar-refractivity contribution in [2.24, 2.45) is 5.73 Å². The van der Waals surface area contributed by atoms with Crippen molar-refractivity contribution in [3.63, 3.8) is 0 Å². The van der Waals surface area contributed by atoms with E-state index in [9.17, 15) is 14.7 Å². The van der Waals surface area contributed by atoms with Gasteiger partial charge in [-0.1, -0.05) is 0 Å². The van der Waals surface area contributed by atoms with Crippen LogP contribution in [0.15, 0.2) is 6.07 Å². The van der Waals surface area contributed by atoms with Crippen LogP contribution in [0.4, 0.5) is 5.82 Å². The number of carbonyl (C=O) groups is 2. The fourth-order valence-electron chi connectivity index (χ4n) is 2.77. The summed E-state index contributed by atoms with van der Waals surface area (Å²) in [7, 11) is 1.54. The molecule has 0 spiro atoms. The number of ether oxygens (including phenoxy) is 1. The minimum atomic E-state index is -0.967. The van der Waals surface area contributed by atoms with Gasteiger partial charge in [-0.2, -0.15) is 0 Å². The van der Waals surface area contributed by atoms with Crippen LogP contribution in [0.1, 0.15) is 28.0 Å². The predicted octanol–water partition coefficient (Wildman–Crippen LogP) is 0.476. The van der Waals surface area contributed by atoms with Gasteiger partial charge in [-0.25, -0.2) is 9.78 Å². The summed E-state index contributed by atoms with van der Waals surface area (Å²) in [5.41, 5.74) is 7.10. The molecule has 114 valence electrons. The summed E-state index contributed by atoms with van der Waals surface area (Å²) in [5.74, 6) is -1.25. The standard InChI is InChI=1S/C14H19N3O4/c1-7-4-8(2)16-13(11(7)12(15)18)17-6-9(21-3)5-10(17)14(19)20/h4,9-10H,5-6H2,1-3H3,(H2,15,18)(H,19,20). The van der Waals surface area contributed by atoms with Crippen LogP contribution in [0.2, 0.25) is 0 Å². The van der Waals surface area contributed by atoms with Gasteiger partial charge in [0.1, 0.15) is 11.9 Å². The van der Waals surface area contributed by atoms with Crippen molar-refractivity contribution in [3.8, 4) is 0 Å². The lowest BCUT2D eigenvalue weighted by Crippen LogP contribution is -2.38. The van der Waals surface area contributed by atoms with Gasteiger partial charge in [0.2, 0.25) is 0 Å². The fraction of sp³-hybridized carbons (Fsp3) is 0.500. The maximum atomic E-state index is 11.7. The first kappa shape index (κ1) is 15.2. The largest absolute Gasteiger partial charge is 0.480 e. The van der Waals surface area contributed by atoms with Gasteiger partial charge in [-0.05, 0) is 25.5 Å². The Balaban J connectivity index is 2.53. The van der Waals surface area contributed by atoms with Gasteiger partial charge < -0.3 is 20.5 Å². The zero-order valence-electron chi connectivity index (χ0n) is 12.3. The summed E-state index contributed by atoms with van der Waals surface area (Å²) in [4.78, 5) is 29.1. The maximum Gasteiger partial charge on any atom is 0.326 e. The Bertz CT molecular complexity index is 588. The Hall–Kier alpha value is -2.15. The smallest absolute Gasteiger partial charge is 0.326 e. The summed E-state index contributed by atoms with van der Waals surface area (Å²) in [6.45, 7) is 3.92. The zero-order valence-corrected chi connectivity index (χ0v) is 12.3. The number of nitrogens with zero attached hydrogens (tertiary/aromatic N) is 2. The molecule has 1 aliphatic heterocycles. The molecule has 0 aliphatic carbocycles. The molecule has 1 aromatic rings. The summed E-state index contributed by atoms with van der Waals surface area (Å²) >= 11 is 0. The maximum absolute atomic E-state index is 11.7. The molecule has 1 aliphatic rings. The highest BCUT2D eigenvalue weighted by atomic mass is 16.5. The highest BCUT2D eigenvalue weighted by Crippen LogP contribution is 2.30. The van der Waals surface area contributed by atoms with Crippen molar-refractivity contribution < 1.29 is 19.4 Å². The third-order valence-corrected chi connectivity index (χ3v) is 3.73. The Morgan fingerprint density at radius 2 is 2.14 bits per heavy atom. The van der Waals surface area contributed by atoms with E-state index < -0.39 is 17.9 Å². The normalized spacial score (nSPS) is 21.6. The number of aliphatic carboxylic acids is 1. The first-order valence-corrected chi connectivity index (χ1v) is 6.65. The molecule has 7 nitrogen and oxygen atoms in total. The van der Waals surface area contributed by atoms with Crippen LogP contribution in [0.5, 0.6) is 0 Å². The molecule has 0 saturated carbocycles. The number of carboxylic acid groups (broad SMARTS) is 1. The third-order valence-electron chi connectivity index (χ3n) is 3.73. The van der Waals surface area contributed by atoms with Crippen LogP contribution in [0.25, 0.3) is 0 Å². The van der Waals surface area contributed by atoms with E-state index in [0.717, 1.165) is 0 Å². The number of hydrogen-bond donors (Lipinski definition) is 2. The molecule has 7 heteroatoms. The van der Waals surface area contributed by atoms with E-state index in [1.54, 1.807) is 24.8 Å². The predicted molar refractivity (Wildman–Crippen MR) is 76.4 cm³/mol. The fourth-order valence-corrected chi connectivity index (χ4v) is 2.77. The van der Waals surface area contributed by atoms with Crippen molar-refractivity contribution in [1.29, 1.82) is 0 Å². The van der Waals surface area contributed by atoms with E-state index >= 15 is 0 Å². The lowest BCUT2D eigenvalue weighted by molar-refractivity contribution is -0.138. The number of methoxy groups -OCH3 is 1. The Morgan fingerprint density at radius 3 is 2.67 bits per heavy atom. The molecular weight excluding hydrogens is 274 g/mol. The lowest BCUT2D eigenvalue weighted by atomic mass is 10.1. The molecule has 2 heterocycles. The number of pyridine rings is 1. The van der Waals surface area contributed by atoms with Gasteiger partial charge in [-0.3, -0.25) is 4.79 Å². The monoisotopic (exact) mass is 293 g/mol. The van der Waals surface area contributed by atoms with E-state index in [1.165, 1.54) is 7.11 Å². The summed E-state index contributed by atoms with van der Waals surface area (Å²) < 4.78 is 5.26. The minimum absolute atomic E-state index is 0.213. The SMILES string of the molecule is COC1CC(C(=O)O)N(c2nc(C)cc(C)c2C(N)=O)C1. The topological polar surface area (TPSA) is 106 Å². The van der Waals surface area contributed by atoms with E-state index in [0.29, 0.717) is 30.0 Å². The first-order valence-electron chi connectivity index (χ1n) is 6.65. The molecule has 1 fully saturated rings. The molecule has 1 aromatic heterocycles. The van der Waals surface area contributed by atoms with Gasteiger partial charge in [0, 0.05) is 25.8 Å². The summed E-state index contributed by atoms with van der Waals surface area (Å²) in [5, 5.41) is 9.39. The molecular formula is C14H19N3O4. The van der Waals surface area contributed by atoms with E-state index in [-0.39, 0.29) is 11.7 Å². The van der Waals surface area contributed by atoms with Gasteiger partial charge in [0.15, 0.2) is 0 Å². The number of carbonyl (C=O) groups excluding carboxylic acids is 1.